The van der Waals surface area contributed by atoms with E-state index < -0.39 is 11.6 Å². The largest absolute Gasteiger partial charge is 0.343 e. The standard InChI is InChI=1S/C15H20F2N2O.ClH/c1-18-13-6-8-19(9-7-13)15(20)5-2-11-10-12(16)3-4-14(11)17;/h3-4,10,13,18H,2,5-9H2,1H3;1H. The van der Waals surface area contributed by atoms with Crippen LogP contribution in [0.3, 0.4) is 0 Å². The number of halogens is 3. The topological polar surface area (TPSA) is 32.3 Å². The fourth-order valence-corrected chi connectivity index (χ4v) is 2.55. The van der Waals surface area contributed by atoms with E-state index in [0.717, 1.165) is 44.1 Å². The SMILES string of the molecule is CNC1CCN(C(=O)CCc2cc(F)ccc2F)CC1.Cl. The summed E-state index contributed by atoms with van der Waals surface area (Å²) < 4.78 is 26.5. The zero-order valence-corrected chi connectivity index (χ0v) is 12.9. The number of benzene rings is 1. The minimum atomic E-state index is -0.469. The molecule has 1 saturated heterocycles. The second kappa shape index (κ2) is 8.29. The minimum absolute atomic E-state index is 0. The maximum Gasteiger partial charge on any atom is 0.222 e. The maximum absolute atomic E-state index is 13.5. The van der Waals surface area contributed by atoms with E-state index >= 15 is 0 Å². The Labute approximate surface area is 130 Å². The van der Waals surface area contributed by atoms with Gasteiger partial charge >= 0.3 is 0 Å². The van der Waals surface area contributed by atoms with Gasteiger partial charge in [0.2, 0.25) is 5.91 Å². The fourth-order valence-electron chi connectivity index (χ4n) is 2.55. The molecule has 1 N–H and O–H groups in total. The number of amides is 1. The van der Waals surface area contributed by atoms with Crippen LogP contribution in [0, 0.1) is 11.6 Å². The van der Waals surface area contributed by atoms with Gasteiger partial charge in [-0.2, -0.15) is 0 Å². The minimum Gasteiger partial charge on any atom is -0.343 e. The van der Waals surface area contributed by atoms with Crippen LogP contribution >= 0.6 is 12.4 Å². The number of carbonyl (C=O) groups is 1. The van der Waals surface area contributed by atoms with Crippen LogP contribution < -0.4 is 5.32 Å². The van der Waals surface area contributed by atoms with Gasteiger partial charge in [-0.15, -0.1) is 12.4 Å². The molecule has 6 heteroatoms. The monoisotopic (exact) mass is 318 g/mol. The van der Waals surface area contributed by atoms with Gasteiger partial charge < -0.3 is 10.2 Å². The Bertz CT molecular complexity index is 477. The Morgan fingerprint density at radius 1 is 1.33 bits per heavy atom. The molecule has 118 valence electrons. The summed E-state index contributed by atoms with van der Waals surface area (Å²) in [6.45, 7) is 1.46. The Hall–Kier alpha value is -1.20. The second-order valence-corrected chi connectivity index (χ2v) is 5.18. The third-order valence-electron chi connectivity index (χ3n) is 3.87. The first-order valence-electron chi connectivity index (χ1n) is 6.99. The molecule has 1 aromatic carbocycles. The Balaban J connectivity index is 0.00000220. The van der Waals surface area contributed by atoms with Gasteiger partial charge in [0, 0.05) is 25.6 Å². The van der Waals surface area contributed by atoms with Crippen LogP contribution in [0.5, 0.6) is 0 Å². The van der Waals surface area contributed by atoms with Crippen LogP contribution in [0.1, 0.15) is 24.8 Å². The molecule has 0 spiro atoms. The molecule has 0 saturated carbocycles. The second-order valence-electron chi connectivity index (χ2n) is 5.18. The molecule has 0 atom stereocenters. The first-order chi connectivity index (χ1) is 9.60. The van der Waals surface area contributed by atoms with E-state index in [-0.39, 0.29) is 36.7 Å². The average molecular weight is 319 g/mol. The van der Waals surface area contributed by atoms with Crippen molar-refractivity contribution in [2.45, 2.75) is 31.7 Å². The highest BCUT2D eigenvalue weighted by Crippen LogP contribution is 2.15. The Morgan fingerprint density at radius 3 is 2.62 bits per heavy atom. The first kappa shape index (κ1) is 17.9. The van der Waals surface area contributed by atoms with Gasteiger partial charge in [-0.1, -0.05) is 0 Å². The van der Waals surface area contributed by atoms with Crippen LogP contribution in [0.2, 0.25) is 0 Å². The van der Waals surface area contributed by atoms with Gasteiger partial charge in [0.1, 0.15) is 11.6 Å². The summed E-state index contributed by atoms with van der Waals surface area (Å²) in [6, 6.07) is 3.83. The van der Waals surface area contributed by atoms with Crippen molar-refractivity contribution in [1.82, 2.24) is 10.2 Å². The molecule has 1 aliphatic rings. The molecule has 21 heavy (non-hydrogen) atoms. The number of hydrogen-bond donors (Lipinski definition) is 1. The molecule has 2 rings (SSSR count). The van der Waals surface area contributed by atoms with Gasteiger partial charge in [-0.3, -0.25) is 4.79 Å². The van der Waals surface area contributed by atoms with E-state index in [1.807, 2.05) is 11.9 Å². The molecule has 0 radical (unpaired) electrons. The first-order valence-corrected chi connectivity index (χ1v) is 6.99. The van der Waals surface area contributed by atoms with E-state index in [1.165, 1.54) is 0 Å². The summed E-state index contributed by atoms with van der Waals surface area (Å²) in [4.78, 5) is 13.9. The van der Waals surface area contributed by atoms with Crippen molar-refractivity contribution in [3.05, 3.63) is 35.4 Å². The summed E-state index contributed by atoms with van der Waals surface area (Å²) in [5.74, 6) is -0.903. The van der Waals surface area contributed by atoms with Crippen molar-refractivity contribution in [2.24, 2.45) is 0 Å². The highest BCUT2D eigenvalue weighted by molar-refractivity contribution is 5.85. The molecule has 1 aliphatic heterocycles. The summed E-state index contributed by atoms with van der Waals surface area (Å²) in [7, 11) is 1.93. The van der Waals surface area contributed by atoms with Crippen molar-refractivity contribution >= 4 is 18.3 Å². The lowest BCUT2D eigenvalue weighted by molar-refractivity contribution is -0.132. The molecule has 3 nitrogen and oxygen atoms in total. The molecule has 0 aromatic heterocycles. The number of piperidine rings is 1. The summed E-state index contributed by atoms with van der Waals surface area (Å²) >= 11 is 0. The molecule has 0 aliphatic carbocycles. The van der Waals surface area contributed by atoms with Gasteiger partial charge in [-0.05, 0) is 50.1 Å². The third-order valence-corrected chi connectivity index (χ3v) is 3.87. The van der Waals surface area contributed by atoms with Crippen molar-refractivity contribution in [1.29, 1.82) is 0 Å². The van der Waals surface area contributed by atoms with Crippen LogP contribution in [0.4, 0.5) is 8.78 Å². The summed E-state index contributed by atoms with van der Waals surface area (Å²) in [5, 5.41) is 3.21. The molecule has 1 aromatic rings. The van der Waals surface area contributed by atoms with Crippen LogP contribution in [-0.4, -0.2) is 37.0 Å². The number of nitrogens with zero attached hydrogens (tertiary/aromatic N) is 1. The Kier molecular flexibility index (Phi) is 7.05. The number of carbonyl (C=O) groups excluding carboxylic acids is 1. The van der Waals surface area contributed by atoms with Crippen molar-refractivity contribution in [3.8, 4) is 0 Å². The predicted octanol–water partition coefficient (Wildman–Crippen LogP) is 2.53. The van der Waals surface area contributed by atoms with Crippen molar-refractivity contribution in [3.63, 3.8) is 0 Å². The lowest BCUT2D eigenvalue weighted by Gasteiger charge is -2.31. The molecule has 1 heterocycles. The highest BCUT2D eigenvalue weighted by Gasteiger charge is 2.21. The molecule has 0 bridgehead atoms. The van der Waals surface area contributed by atoms with Crippen LogP contribution in [0.15, 0.2) is 18.2 Å². The van der Waals surface area contributed by atoms with Gasteiger partial charge in [-0.25, -0.2) is 8.78 Å². The number of likely N-dealkylation sites (tertiary alicyclic amines) is 1. The van der Waals surface area contributed by atoms with Crippen LogP contribution in [-0.2, 0) is 11.2 Å². The van der Waals surface area contributed by atoms with Gasteiger partial charge in [0.05, 0.1) is 0 Å². The van der Waals surface area contributed by atoms with Gasteiger partial charge in [0.15, 0.2) is 0 Å². The smallest absolute Gasteiger partial charge is 0.222 e. The van der Waals surface area contributed by atoms with E-state index in [4.69, 9.17) is 0 Å². The van der Waals surface area contributed by atoms with Gasteiger partial charge in [0.25, 0.3) is 0 Å². The van der Waals surface area contributed by atoms with E-state index in [0.29, 0.717) is 6.04 Å². The predicted molar refractivity (Wildman–Crippen MR) is 80.6 cm³/mol. The quantitative estimate of drug-likeness (QED) is 0.925. The molecular formula is C15H21ClF2N2O. The van der Waals surface area contributed by atoms with Crippen LogP contribution in [0.25, 0.3) is 0 Å². The lowest BCUT2D eigenvalue weighted by atomic mass is 10.0. The van der Waals surface area contributed by atoms with Crippen molar-refractivity contribution < 1.29 is 13.6 Å². The molecule has 0 unspecified atom stereocenters. The molecule has 1 fully saturated rings. The lowest BCUT2D eigenvalue weighted by Crippen LogP contribution is -2.44. The number of rotatable bonds is 4. The summed E-state index contributed by atoms with van der Waals surface area (Å²) in [6.07, 6.45) is 2.35. The third kappa shape index (κ3) is 4.93. The Morgan fingerprint density at radius 2 is 2.00 bits per heavy atom. The zero-order chi connectivity index (χ0) is 14.5. The highest BCUT2D eigenvalue weighted by atomic mass is 35.5. The molecule has 1 amide bonds. The summed E-state index contributed by atoms with van der Waals surface area (Å²) in [5.41, 5.74) is 0.267. The number of nitrogens with one attached hydrogen (secondary N) is 1. The average Bonchev–Trinajstić information content (AvgIpc) is 2.48. The van der Waals surface area contributed by atoms with Crippen molar-refractivity contribution in [2.75, 3.05) is 20.1 Å². The maximum atomic E-state index is 13.5. The molecular weight excluding hydrogens is 298 g/mol. The van der Waals surface area contributed by atoms with E-state index in [1.54, 1.807) is 0 Å². The fraction of sp³-hybridized carbons (Fsp3) is 0.533. The van der Waals surface area contributed by atoms with E-state index in [2.05, 4.69) is 5.32 Å². The number of aryl methyl sites for hydroxylation is 1. The van der Waals surface area contributed by atoms with E-state index in [9.17, 15) is 13.6 Å². The number of hydrogen-bond acceptors (Lipinski definition) is 2. The normalized spacial score (nSPS) is 15.7. The zero-order valence-electron chi connectivity index (χ0n) is 12.1.